The Morgan fingerprint density at radius 2 is 1.51 bits per heavy atom. The monoisotopic (exact) mass is 776 g/mol. The van der Waals surface area contributed by atoms with E-state index in [1.807, 2.05) is 85.7 Å². The predicted octanol–water partition coefficient (Wildman–Crippen LogP) is 7.48. The normalized spacial score (nSPS) is 13.0. The highest BCUT2D eigenvalue weighted by Crippen LogP contribution is 2.53. The molecule has 0 spiro atoms. The van der Waals surface area contributed by atoms with E-state index in [1.54, 1.807) is 18.7 Å². The number of carbonyl (C=O) groups excluding carboxylic acids is 4. The molecule has 0 atom stereocenters. The lowest BCUT2D eigenvalue weighted by Crippen LogP contribution is -2.38. The summed E-state index contributed by atoms with van der Waals surface area (Å²) in [7, 11) is 4.82. The van der Waals surface area contributed by atoms with Crippen LogP contribution < -0.4 is 10.6 Å². The van der Waals surface area contributed by atoms with Crippen molar-refractivity contribution in [2.75, 3.05) is 72.5 Å². The average Bonchev–Trinajstić information content (AvgIpc) is 2.93. The molecular weight excluding hydrogens is 713 g/mol. The summed E-state index contributed by atoms with van der Waals surface area (Å²) < 4.78 is 11.8. The van der Waals surface area contributed by atoms with Crippen molar-refractivity contribution in [1.29, 1.82) is 0 Å². The van der Waals surface area contributed by atoms with E-state index in [4.69, 9.17) is 9.47 Å². The highest BCUT2D eigenvalue weighted by atomic mass is 33.2. The first-order valence-corrected chi connectivity index (χ1v) is 25.2. The van der Waals surface area contributed by atoms with E-state index in [-0.39, 0.29) is 34.2 Å². The summed E-state index contributed by atoms with van der Waals surface area (Å²) in [5.74, 6) is 6.48. The molecule has 0 radical (unpaired) electrons. The Morgan fingerprint density at radius 3 is 2.15 bits per heavy atom. The lowest BCUT2D eigenvalue weighted by Gasteiger charge is -2.30. The second-order valence-corrected chi connectivity index (χ2v) is 26.8. The summed E-state index contributed by atoms with van der Waals surface area (Å²) in [6.07, 6.45) is 6.88. The van der Waals surface area contributed by atoms with Crippen LogP contribution in [0.25, 0.3) is 0 Å². The average molecular weight is 777 g/mol. The second kappa shape index (κ2) is 24.3. The minimum absolute atomic E-state index is 0.0122. The van der Waals surface area contributed by atoms with Gasteiger partial charge in [0, 0.05) is 78.0 Å². The maximum atomic E-state index is 12.9. The van der Waals surface area contributed by atoms with E-state index in [2.05, 4.69) is 37.0 Å². The van der Waals surface area contributed by atoms with Gasteiger partial charge in [-0.2, -0.15) is 32.6 Å². The first kappa shape index (κ1) is 47.1. The van der Waals surface area contributed by atoms with Gasteiger partial charge in [0.2, 0.25) is 11.8 Å². The van der Waals surface area contributed by atoms with Crippen molar-refractivity contribution in [3.05, 3.63) is 0 Å². The maximum Gasteiger partial charge on any atom is 0.307 e. The quantitative estimate of drug-likeness (QED) is 0.0469. The molecule has 0 aliphatic heterocycles. The Balaban J connectivity index is 4.19. The summed E-state index contributed by atoms with van der Waals surface area (Å²) >= 11 is 3.59. The molecule has 14 heteroatoms. The molecule has 0 heterocycles. The van der Waals surface area contributed by atoms with Crippen LogP contribution in [0.3, 0.4) is 0 Å². The van der Waals surface area contributed by atoms with Crippen molar-refractivity contribution in [2.24, 2.45) is 5.92 Å². The highest BCUT2D eigenvalue weighted by Gasteiger charge is 2.30. The number of Topliss-reactive ketones (excluding diaryl/α,β-unsaturated/α-hetero) is 1. The molecule has 0 saturated heterocycles. The second-order valence-electron chi connectivity index (χ2n) is 13.8. The van der Waals surface area contributed by atoms with Gasteiger partial charge in [0.1, 0.15) is 11.2 Å². The number of thioether (sulfide) groups is 2. The van der Waals surface area contributed by atoms with Crippen LogP contribution in [-0.4, -0.2) is 112 Å². The minimum atomic E-state index is -0.882. The van der Waals surface area contributed by atoms with Gasteiger partial charge in [0.05, 0.1) is 13.0 Å². The van der Waals surface area contributed by atoms with Gasteiger partial charge in [-0.25, -0.2) is 0 Å². The number of esters is 1. The molecule has 0 aliphatic rings. The Labute approximate surface area is 308 Å². The fourth-order valence-corrected chi connectivity index (χ4v) is 13.7. The van der Waals surface area contributed by atoms with E-state index in [0.29, 0.717) is 44.7 Å². The van der Waals surface area contributed by atoms with E-state index >= 15 is 0 Å². The summed E-state index contributed by atoms with van der Waals surface area (Å²) in [6, 6.07) is 0. The highest BCUT2D eigenvalue weighted by molar-refractivity contribution is 8.93. The summed E-state index contributed by atoms with van der Waals surface area (Å²) in [4.78, 5) is 48.1. The van der Waals surface area contributed by atoms with Crippen molar-refractivity contribution in [2.45, 2.75) is 104 Å². The lowest BCUT2D eigenvalue weighted by atomic mass is 10.0. The molecule has 0 unspecified atom stereocenters. The van der Waals surface area contributed by atoms with Crippen molar-refractivity contribution < 1.29 is 28.7 Å². The number of rotatable bonds is 28. The van der Waals surface area contributed by atoms with Crippen LogP contribution in [0.1, 0.15) is 88.0 Å². The summed E-state index contributed by atoms with van der Waals surface area (Å²) in [5, 5.41) is 5.79. The Kier molecular flexibility index (Phi) is 24.4. The maximum absolute atomic E-state index is 12.9. The van der Waals surface area contributed by atoms with Crippen LogP contribution in [-0.2, 0) is 28.7 Å². The first-order valence-electron chi connectivity index (χ1n) is 16.4. The van der Waals surface area contributed by atoms with Crippen molar-refractivity contribution in [3.8, 4) is 0 Å². The van der Waals surface area contributed by atoms with Crippen molar-refractivity contribution >= 4 is 88.5 Å². The number of amides is 2. The molecule has 2 N–H and O–H groups in total. The molecular formula is C33H64N2O6S6. The smallest absolute Gasteiger partial charge is 0.307 e. The van der Waals surface area contributed by atoms with Gasteiger partial charge >= 0.3 is 5.97 Å². The summed E-state index contributed by atoms with van der Waals surface area (Å²) in [6.45, 7) is 18.9. The molecule has 0 saturated carbocycles. The largest absolute Gasteiger partial charge is 0.460 e. The molecule has 0 aliphatic carbocycles. The van der Waals surface area contributed by atoms with Crippen LogP contribution in [0.4, 0.5) is 0 Å². The molecule has 0 rings (SSSR count). The molecule has 0 aromatic rings. The molecule has 0 bridgehead atoms. The molecule has 278 valence electrons. The Bertz CT molecular complexity index is 947. The van der Waals surface area contributed by atoms with Crippen molar-refractivity contribution in [1.82, 2.24) is 10.6 Å². The van der Waals surface area contributed by atoms with Gasteiger partial charge in [0.15, 0.2) is 5.78 Å². The zero-order chi connectivity index (χ0) is 36.2. The SMILES string of the molecule is CC(=O)NCCSS(C)(C)CCSCCC(=O)C(C)(C)OCCC(C)(C)OC(=O)CCSC(C)(C)CSSCCCNC(=O)C(C)C. The number of nitrogens with one attached hydrogen (secondary N) is 2. The molecule has 8 nitrogen and oxygen atoms in total. The van der Waals surface area contributed by atoms with Gasteiger partial charge in [-0.15, -0.1) is 10.8 Å². The lowest BCUT2D eigenvalue weighted by molar-refractivity contribution is -0.160. The van der Waals surface area contributed by atoms with E-state index in [0.717, 1.165) is 40.9 Å². The number of ether oxygens (including phenoxy) is 2. The van der Waals surface area contributed by atoms with Gasteiger partial charge in [-0.1, -0.05) is 35.4 Å². The number of ketones is 1. The van der Waals surface area contributed by atoms with Crippen LogP contribution in [0.5, 0.6) is 0 Å². The topological polar surface area (TPSA) is 111 Å². The van der Waals surface area contributed by atoms with Crippen LogP contribution >= 0.6 is 65.0 Å². The minimum Gasteiger partial charge on any atom is -0.460 e. The molecule has 0 aromatic heterocycles. The zero-order valence-corrected chi connectivity index (χ0v) is 35.8. The molecule has 0 aromatic carbocycles. The third-order valence-corrected chi connectivity index (χ3v) is 17.5. The molecule has 47 heavy (non-hydrogen) atoms. The molecule has 0 fully saturated rings. The van der Waals surface area contributed by atoms with Gasteiger partial charge in [-0.3, -0.25) is 19.2 Å². The molecule has 2 amide bonds. The van der Waals surface area contributed by atoms with E-state index in [1.165, 1.54) is 0 Å². The number of carbonyl (C=O) groups is 4. The van der Waals surface area contributed by atoms with Crippen molar-refractivity contribution in [3.63, 3.8) is 0 Å². The standard InChI is InChI=1S/C33H64N2O6S6/c1-26(2)30(39)35-16-12-19-44-45-25-32(6,7)43-21-14-29(38)41-31(4,5)15-18-40-33(8,9)28(37)13-20-42-23-24-47(10,11)46-22-17-34-27(3)36/h26H,12-25H2,1-11H3,(H,34,36)(H,35,39). The van der Waals surface area contributed by atoms with E-state index in [9.17, 15) is 19.2 Å². The predicted molar refractivity (Wildman–Crippen MR) is 216 cm³/mol. The number of hydrogen-bond donors (Lipinski definition) is 2. The van der Waals surface area contributed by atoms with Gasteiger partial charge in [-0.05, 0) is 66.2 Å². The number of hydrogen-bond acceptors (Lipinski definition) is 11. The fraction of sp³-hybridized carbons (Fsp3) is 0.879. The van der Waals surface area contributed by atoms with Crippen LogP contribution in [0, 0.1) is 5.92 Å². The summed E-state index contributed by atoms with van der Waals surface area (Å²) in [5.41, 5.74) is -1.56. The first-order chi connectivity index (χ1) is 21.7. The Morgan fingerprint density at radius 1 is 0.830 bits per heavy atom. The third-order valence-electron chi connectivity index (χ3n) is 6.82. The fourth-order valence-electron chi connectivity index (χ4n) is 3.67. The van der Waals surface area contributed by atoms with Crippen LogP contribution in [0.2, 0.25) is 0 Å². The zero-order valence-electron chi connectivity index (χ0n) is 30.9. The Hall–Kier alpha value is 0.140. The third kappa shape index (κ3) is 26.6. The van der Waals surface area contributed by atoms with Crippen LogP contribution in [0.15, 0.2) is 0 Å². The van der Waals surface area contributed by atoms with Gasteiger partial charge in [0.25, 0.3) is 0 Å². The van der Waals surface area contributed by atoms with E-state index < -0.39 is 20.3 Å². The van der Waals surface area contributed by atoms with Gasteiger partial charge < -0.3 is 20.1 Å².